The van der Waals surface area contributed by atoms with Crippen molar-refractivity contribution >= 4 is 11.7 Å². The number of carbonyl (C=O) groups excluding carboxylic acids is 1. The molecule has 0 aromatic heterocycles. The molecule has 1 aromatic carbocycles. The van der Waals surface area contributed by atoms with E-state index in [-0.39, 0.29) is 12.1 Å². The second kappa shape index (κ2) is 8.03. The van der Waals surface area contributed by atoms with Gasteiger partial charge in [0, 0.05) is 11.7 Å². The first-order valence-corrected chi connectivity index (χ1v) is 8.00. The minimum absolute atomic E-state index is 0.150. The summed E-state index contributed by atoms with van der Waals surface area (Å²) in [6, 6.07) is 7.47. The Balaban J connectivity index is 1.87. The Morgan fingerprint density at radius 1 is 1.19 bits per heavy atom. The highest BCUT2D eigenvalue weighted by molar-refractivity contribution is 5.89. The van der Waals surface area contributed by atoms with Crippen molar-refractivity contribution in [2.75, 3.05) is 5.32 Å². The highest BCUT2D eigenvalue weighted by atomic mass is 16.3. The van der Waals surface area contributed by atoms with Gasteiger partial charge in [-0.1, -0.05) is 44.2 Å². The molecule has 2 amide bonds. The number of nitrogens with one attached hydrogen (secondary N) is 2. The topological polar surface area (TPSA) is 61.4 Å². The van der Waals surface area contributed by atoms with E-state index in [4.69, 9.17) is 0 Å². The lowest BCUT2D eigenvalue weighted by Gasteiger charge is -2.21. The summed E-state index contributed by atoms with van der Waals surface area (Å²) < 4.78 is 0. The minimum Gasteiger partial charge on any atom is -0.389 e. The van der Waals surface area contributed by atoms with E-state index < -0.39 is 6.10 Å². The Kier molecular flexibility index (Phi) is 6.05. The summed E-state index contributed by atoms with van der Waals surface area (Å²) in [7, 11) is 0. The van der Waals surface area contributed by atoms with Crippen LogP contribution in [-0.2, 0) is 0 Å². The van der Waals surface area contributed by atoms with Crippen molar-refractivity contribution in [2.24, 2.45) is 0 Å². The van der Waals surface area contributed by atoms with Crippen LogP contribution < -0.4 is 10.6 Å². The molecule has 0 saturated heterocycles. The van der Waals surface area contributed by atoms with E-state index in [0.29, 0.717) is 0 Å². The molecule has 116 valence electrons. The fraction of sp³-hybridized carbons (Fsp3) is 0.588. The van der Waals surface area contributed by atoms with Gasteiger partial charge in [0.15, 0.2) is 0 Å². The van der Waals surface area contributed by atoms with Gasteiger partial charge in [0.05, 0.1) is 6.10 Å². The molecule has 1 atom stereocenters. The minimum atomic E-state index is -0.527. The summed E-state index contributed by atoms with van der Waals surface area (Å²) in [5.74, 6) is 0. The fourth-order valence-electron chi connectivity index (χ4n) is 2.83. The fourth-order valence-corrected chi connectivity index (χ4v) is 2.83. The number of aliphatic hydroxyl groups is 1. The van der Waals surface area contributed by atoms with E-state index in [9.17, 15) is 9.90 Å². The van der Waals surface area contributed by atoms with Crippen LogP contribution in [0.5, 0.6) is 0 Å². The standard InChI is InChI=1S/C17H26N2O2/c1-13(20)14-8-7-11-16(12-14)19-17(21)18-15-9-5-3-2-4-6-10-15/h7-8,11-13,15,20H,2-6,9-10H2,1H3,(H2,18,19,21). The smallest absolute Gasteiger partial charge is 0.319 e. The van der Waals surface area contributed by atoms with Gasteiger partial charge in [-0.3, -0.25) is 0 Å². The zero-order valence-electron chi connectivity index (χ0n) is 12.8. The van der Waals surface area contributed by atoms with Crippen LogP contribution >= 0.6 is 0 Å². The monoisotopic (exact) mass is 290 g/mol. The average Bonchev–Trinajstić information content (AvgIpc) is 2.42. The number of amides is 2. The number of aliphatic hydroxyl groups excluding tert-OH is 1. The predicted octanol–water partition coefficient (Wildman–Crippen LogP) is 3.97. The molecule has 1 unspecified atom stereocenters. The summed E-state index contributed by atoms with van der Waals surface area (Å²) >= 11 is 0. The van der Waals surface area contributed by atoms with Gasteiger partial charge in [0.25, 0.3) is 0 Å². The molecule has 0 spiro atoms. The van der Waals surface area contributed by atoms with Gasteiger partial charge in [-0.25, -0.2) is 4.79 Å². The van der Waals surface area contributed by atoms with Crippen LogP contribution in [0, 0.1) is 0 Å². The molecular weight excluding hydrogens is 264 g/mol. The maximum absolute atomic E-state index is 12.1. The van der Waals surface area contributed by atoms with Gasteiger partial charge in [-0.05, 0) is 37.5 Å². The maximum atomic E-state index is 12.1. The number of rotatable bonds is 3. The highest BCUT2D eigenvalue weighted by Crippen LogP contribution is 2.19. The number of urea groups is 1. The van der Waals surface area contributed by atoms with Crippen LogP contribution in [0.1, 0.15) is 63.5 Å². The lowest BCUT2D eigenvalue weighted by atomic mass is 9.97. The molecule has 1 aliphatic rings. The van der Waals surface area contributed by atoms with E-state index >= 15 is 0 Å². The first-order chi connectivity index (χ1) is 10.1. The van der Waals surface area contributed by atoms with Crippen LogP contribution in [0.2, 0.25) is 0 Å². The molecule has 1 aromatic rings. The predicted molar refractivity (Wildman–Crippen MR) is 85.3 cm³/mol. The van der Waals surface area contributed by atoms with Crippen molar-refractivity contribution in [1.82, 2.24) is 5.32 Å². The lowest BCUT2D eigenvalue weighted by molar-refractivity contribution is 0.199. The molecule has 4 heteroatoms. The molecular formula is C17H26N2O2. The van der Waals surface area contributed by atoms with Crippen LogP contribution in [0.15, 0.2) is 24.3 Å². The van der Waals surface area contributed by atoms with E-state index in [0.717, 1.165) is 24.1 Å². The summed E-state index contributed by atoms with van der Waals surface area (Å²) in [4.78, 5) is 12.1. The van der Waals surface area contributed by atoms with Crippen molar-refractivity contribution in [3.63, 3.8) is 0 Å². The molecule has 3 N–H and O–H groups in total. The van der Waals surface area contributed by atoms with E-state index in [1.54, 1.807) is 6.92 Å². The maximum Gasteiger partial charge on any atom is 0.319 e. The third-order valence-electron chi connectivity index (χ3n) is 4.07. The van der Waals surface area contributed by atoms with E-state index in [1.165, 1.54) is 32.1 Å². The van der Waals surface area contributed by atoms with Crippen molar-refractivity contribution < 1.29 is 9.90 Å². The van der Waals surface area contributed by atoms with Crippen LogP contribution in [0.4, 0.5) is 10.5 Å². The summed E-state index contributed by atoms with van der Waals surface area (Å²) in [5.41, 5.74) is 1.52. The normalized spacial score (nSPS) is 18.4. The number of hydrogen-bond donors (Lipinski definition) is 3. The zero-order valence-corrected chi connectivity index (χ0v) is 12.8. The number of benzene rings is 1. The average molecular weight is 290 g/mol. The van der Waals surface area contributed by atoms with Gasteiger partial charge in [-0.15, -0.1) is 0 Å². The lowest BCUT2D eigenvalue weighted by Crippen LogP contribution is -2.38. The quantitative estimate of drug-likeness (QED) is 0.788. The molecule has 0 radical (unpaired) electrons. The van der Waals surface area contributed by atoms with Crippen molar-refractivity contribution in [2.45, 2.75) is 64.0 Å². The van der Waals surface area contributed by atoms with Gasteiger partial charge in [0.2, 0.25) is 0 Å². The Morgan fingerprint density at radius 2 is 1.86 bits per heavy atom. The Hall–Kier alpha value is -1.55. The number of hydrogen-bond acceptors (Lipinski definition) is 2. The molecule has 1 saturated carbocycles. The highest BCUT2D eigenvalue weighted by Gasteiger charge is 2.14. The van der Waals surface area contributed by atoms with Gasteiger partial charge in [0.1, 0.15) is 0 Å². The second-order valence-electron chi connectivity index (χ2n) is 5.94. The Labute approximate surface area is 126 Å². The third-order valence-corrected chi connectivity index (χ3v) is 4.07. The second-order valence-corrected chi connectivity index (χ2v) is 5.94. The van der Waals surface area contributed by atoms with Crippen LogP contribution in [-0.4, -0.2) is 17.2 Å². The summed E-state index contributed by atoms with van der Waals surface area (Å²) in [5, 5.41) is 15.5. The number of carbonyl (C=O) groups is 1. The summed E-state index contributed by atoms with van der Waals surface area (Å²) in [6.45, 7) is 1.72. The van der Waals surface area contributed by atoms with Crippen molar-refractivity contribution in [3.05, 3.63) is 29.8 Å². The first kappa shape index (κ1) is 15.8. The molecule has 1 fully saturated rings. The molecule has 0 bridgehead atoms. The van der Waals surface area contributed by atoms with E-state index in [1.807, 2.05) is 24.3 Å². The van der Waals surface area contributed by atoms with Crippen LogP contribution in [0.3, 0.4) is 0 Å². The van der Waals surface area contributed by atoms with Crippen molar-refractivity contribution in [3.8, 4) is 0 Å². The number of anilines is 1. The zero-order chi connectivity index (χ0) is 15.1. The SMILES string of the molecule is CC(O)c1cccc(NC(=O)NC2CCCCCCC2)c1. The molecule has 21 heavy (non-hydrogen) atoms. The van der Waals surface area contributed by atoms with E-state index in [2.05, 4.69) is 10.6 Å². The van der Waals surface area contributed by atoms with Crippen LogP contribution in [0.25, 0.3) is 0 Å². The molecule has 4 nitrogen and oxygen atoms in total. The van der Waals surface area contributed by atoms with Gasteiger partial charge < -0.3 is 15.7 Å². The Bertz CT molecular complexity index is 452. The first-order valence-electron chi connectivity index (χ1n) is 8.00. The Morgan fingerprint density at radius 3 is 2.52 bits per heavy atom. The largest absolute Gasteiger partial charge is 0.389 e. The molecule has 0 heterocycles. The molecule has 1 aliphatic carbocycles. The summed E-state index contributed by atoms with van der Waals surface area (Å²) in [6.07, 6.45) is 7.88. The van der Waals surface area contributed by atoms with Gasteiger partial charge in [-0.2, -0.15) is 0 Å². The molecule has 2 rings (SSSR count). The van der Waals surface area contributed by atoms with Crippen molar-refractivity contribution in [1.29, 1.82) is 0 Å². The van der Waals surface area contributed by atoms with Gasteiger partial charge >= 0.3 is 6.03 Å². The molecule has 0 aliphatic heterocycles. The third kappa shape index (κ3) is 5.38.